The lowest BCUT2D eigenvalue weighted by Crippen LogP contribution is -2.01. The lowest BCUT2D eigenvalue weighted by Gasteiger charge is -2.13. The van der Waals surface area contributed by atoms with Crippen molar-refractivity contribution in [3.05, 3.63) is 70.6 Å². The number of halogens is 4. The molecule has 1 aliphatic carbocycles. The molecule has 0 bridgehead atoms. The second kappa shape index (κ2) is 5.95. The monoisotopic (exact) mass is 325 g/mol. The molecule has 0 saturated heterocycles. The maximum atomic E-state index is 14.2. The second-order valence-electron chi connectivity index (χ2n) is 5.28. The first kappa shape index (κ1) is 15.4. The fraction of sp³-hybridized carbons (Fsp3) is 0.235. The van der Waals surface area contributed by atoms with E-state index in [1.807, 2.05) is 0 Å². The largest absolute Gasteiger partial charge is 0.204 e. The standard InChI is InChI=1S/C17H13F4S/c1-9-11-3-2-4-12(11)15(20)16(21)17(9)22-8-10-5-6-13(18)14(19)7-10/h5-7H,1-4,8H2. The molecule has 1 aliphatic rings. The topological polar surface area (TPSA) is 0 Å². The molecule has 0 atom stereocenters. The van der Waals surface area contributed by atoms with Crippen molar-refractivity contribution in [2.24, 2.45) is 0 Å². The SMILES string of the molecule is [CH2]c1c2c(c(F)c(F)c1SCc1ccc(F)c(F)c1)CCC2. The van der Waals surface area contributed by atoms with E-state index in [-0.39, 0.29) is 10.6 Å². The van der Waals surface area contributed by atoms with Crippen molar-refractivity contribution in [1.82, 2.24) is 0 Å². The van der Waals surface area contributed by atoms with Crippen LogP contribution in [-0.2, 0) is 18.6 Å². The summed E-state index contributed by atoms with van der Waals surface area (Å²) in [5, 5.41) is 0. The Balaban J connectivity index is 1.89. The van der Waals surface area contributed by atoms with Gasteiger partial charge in [-0.25, -0.2) is 17.6 Å². The van der Waals surface area contributed by atoms with Crippen molar-refractivity contribution in [3.8, 4) is 0 Å². The van der Waals surface area contributed by atoms with Crippen LogP contribution in [0.1, 0.15) is 28.7 Å². The third kappa shape index (κ3) is 2.62. The normalized spacial score (nSPS) is 13.5. The Morgan fingerprint density at radius 3 is 2.41 bits per heavy atom. The van der Waals surface area contributed by atoms with Crippen LogP contribution in [-0.4, -0.2) is 0 Å². The summed E-state index contributed by atoms with van der Waals surface area (Å²) in [6.07, 6.45) is 2.03. The van der Waals surface area contributed by atoms with Gasteiger partial charge in [-0.1, -0.05) is 6.07 Å². The molecule has 0 unspecified atom stereocenters. The van der Waals surface area contributed by atoms with Gasteiger partial charge in [0.2, 0.25) is 0 Å². The molecule has 2 aromatic carbocycles. The van der Waals surface area contributed by atoms with Gasteiger partial charge in [0.05, 0.1) is 0 Å². The van der Waals surface area contributed by atoms with Crippen molar-refractivity contribution >= 4 is 11.8 Å². The van der Waals surface area contributed by atoms with Gasteiger partial charge in [-0.2, -0.15) is 0 Å². The van der Waals surface area contributed by atoms with Crippen LogP contribution < -0.4 is 0 Å². The zero-order valence-electron chi connectivity index (χ0n) is 11.7. The Hall–Kier alpha value is -1.49. The molecule has 0 saturated carbocycles. The summed E-state index contributed by atoms with van der Waals surface area (Å²) < 4.78 is 54.3. The molecule has 5 heteroatoms. The van der Waals surface area contributed by atoms with Gasteiger partial charge in [-0.3, -0.25) is 0 Å². The van der Waals surface area contributed by atoms with E-state index >= 15 is 0 Å². The highest BCUT2D eigenvalue weighted by molar-refractivity contribution is 7.98. The fourth-order valence-electron chi connectivity index (χ4n) is 2.76. The van der Waals surface area contributed by atoms with Crippen LogP contribution in [0.4, 0.5) is 17.6 Å². The van der Waals surface area contributed by atoms with Gasteiger partial charge >= 0.3 is 0 Å². The lowest BCUT2D eigenvalue weighted by molar-refractivity contribution is 0.483. The molecule has 0 fully saturated rings. The number of hydrogen-bond donors (Lipinski definition) is 0. The Morgan fingerprint density at radius 2 is 1.68 bits per heavy atom. The van der Waals surface area contributed by atoms with Crippen LogP contribution in [0.25, 0.3) is 0 Å². The van der Waals surface area contributed by atoms with Crippen molar-refractivity contribution in [3.63, 3.8) is 0 Å². The highest BCUT2D eigenvalue weighted by Crippen LogP contribution is 2.38. The van der Waals surface area contributed by atoms with E-state index in [1.54, 1.807) is 0 Å². The molecule has 0 spiro atoms. The van der Waals surface area contributed by atoms with Crippen LogP contribution in [0, 0.1) is 30.2 Å². The highest BCUT2D eigenvalue weighted by atomic mass is 32.2. The van der Waals surface area contributed by atoms with Gasteiger partial charge in [0.1, 0.15) is 0 Å². The molecular weight excluding hydrogens is 312 g/mol. The molecule has 0 heterocycles. The van der Waals surface area contributed by atoms with Crippen molar-refractivity contribution in [2.75, 3.05) is 0 Å². The van der Waals surface area contributed by atoms with Crippen LogP contribution >= 0.6 is 11.8 Å². The van der Waals surface area contributed by atoms with Crippen LogP contribution in [0.15, 0.2) is 23.1 Å². The molecule has 0 nitrogen and oxygen atoms in total. The summed E-state index contributed by atoms with van der Waals surface area (Å²) in [5.74, 6) is -3.35. The zero-order chi connectivity index (χ0) is 15.9. The van der Waals surface area contributed by atoms with E-state index < -0.39 is 23.3 Å². The van der Waals surface area contributed by atoms with Crippen molar-refractivity contribution < 1.29 is 17.6 Å². The van der Waals surface area contributed by atoms with Gasteiger partial charge in [0.15, 0.2) is 23.3 Å². The summed E-state index contributed by atoms with van der Waals surface area (Å²) >= 11 is 1.05. The van der Waals surface area contributed by atoms with Gasteiger partial charge < -0.3 is 0 Å². The highest BCUT2D eigenvalue weighted by Gasteiger charge is 2.25. The predicted molar refractivity (Wildman–Crippen MR) is 78.8 cm³/mol. The van der Waals surface area contributed by atoms with E-state index in [0.29, 0.717) is 29.5 Å². The minimum Gasteiger partial charge on any atom is -0.204 e. The molecular formula is C17H13F4S. The molecule has 3 rings (SSSR count). The minimum atomic E-state index is -0.950. The average molecular weight is 325 g/mol. The van der Waals surface area contributed by atoms with E-state index in [1.165, 1.54) is 6.07 Å². The lowest BCUT2D eigenvalue weighted by atomic mass is 10.0. The Bertz CT molecular complexity index is 740. The molecule has 115 valence electrons. The minimum absolute atomic E-state index is 0.155. The Kier molecular flexibility index (Phi) is 4.17. The van der Waals surface area contributed by atoms with E-state index in [2.05, 4.69) is 6.92 Å². The van der Waals surface area contributed by atoms with Crippen molar-refractivity contribution in [1.29, 1.82) is 0 Å². The van der Waals surface area contributed by atoms with E-state index in [9.17, 15) is 17.6 Å². The summed E-state index contributed by atoms with van der Waals surface area (Å²) in [4.78, 5) is 0.155. The molecule has 2 aromatic rings. The molecule has 1 radical (unpaired) electrons. The zero-order valence-corrected chi connectivity index (χ0v) is 12.5. The maximum Gasteiger partial charge on any atom is 0.172 e. The van der Waals surface area contributed by atoms with Gasteiger partial charge in [0.25, 0.3) is 0 Å². The number of hydrogen-bond acceptors (Lipinski definition) is 1. The molecule has 0 amide bonds. The first-order valence-corrected chi connectivity index (χ1v) is 7.89. The summed E-state index contributed by atoms with van der Waals surface area (Å²) in [5.41, 5.74) is 2.23. The van der Waals surface area contributed by atoms with Gasteiger partial charge in [0, 0.05) is 10.6 Å². The molecule has 22 heavy (non-hydrogen) atoms. The fourth-order valence-corrected chi connectivity index (χ4v) is 3.76. The molecule has 0 aromatic heterocycles. The Morgan fingerprint density at radius 1 is 0.955 bits per heavy atom. The van der Waals surface area contributed by atoms with E-state index in [4.69, 9.17) is 0 Å². The van der Waals surface area contributed by atoms with Gasteiger partial charge in [-0.15, -0.1) is 11.8 Å². The predicted octanol–water partition coefficient (Wildman–Crippen LogP) is 5.21. The number of fused-ring (bicyclic) bond motifs is 1. The third-order valence-corrected chi connectivity index (χ3v) is 5.07. The second-order valence-corrected chi connectivity index (χ2v) is 6.27. The first-order valence-electron chi connectivity index (χ1n) is 6.90. The maximum absolute atomic E-state index is 14.2. The quantitative estimate of drug-likeness (QED) is 0.552. The number of thioether (sulfide) groups is 1. The summed E-state index contributed by atoms with van der Waals surface area (Å²) in [6.45, 7) is 3.88. The molecule has 0 aliphatic heterocycles. The number of rotatable bonds is 3. The average Bonchev–Trinajstić information content (AvgIpc) is 2.98. The summed E-state index contributed by atoms with van der Waals surface area (Å²) in [6, 6.07) is 3.51. The smallest absolute Gasteiger partial charge is 0.172 e. The van der Waals surface area contributed by atoms with Crippen molar-refractivity contribution in [2.45, 2.75) is 29.9 Å². The van der Waals surface area contributed by atoms with Gasteiger partial charge in [-0.05, 0) is 60.6 Å². The Labute approximate surface area is 130 Å². The molecule has 0 N–H and O–H groups in total. The van der Waals surface area contributed by atoms with E-state index in [0.717, 1.165) is 35.9 Å². The first-order chi connectivity index (χ1) is 10.5. The van der Waals surface area contributed by atoms with Crippen LogP contribution in [0.5, 0.6) is 0 Å². The van der Waals surface area contributed by atoms with Crippen LogP contribution in [0.3, 0.4) is 0 Å². The third-order valence-electron chi connectivity index (χ3n) is 3.88. The summed E-state index contributed by atoms with van der Waals surface area (Å²) in [7, 11) is 0. The number of benzene rings is 2. The van der Waals surface area contributed by atoms with Crippen LogP contribution in [0.2, 0.25) is 0 Å².